The summed E-state index contributed by atoms with van der Waals surface area (Å²) in [7, 11) is -9.93. The molecule has 0 aliphatic rings. The fraction of sp³-hybridized carbons (Fsp3) is 0.953. The summed E-state index contributed by atoms with van der Waals surface area (Å²) in [4.78, 5) is 73.2. The molecule has 0 aromatic carbocycles. The number of phosphoric acid groups is 2. The molecule has 0 spiro atoms. The van der Waals surface area contributed by atoms with Crippen LogP contribution >= 0.6 is 15.6 Å². The molecular formula is C85H166O17P2. The van der Waals surface area contributed by atoms with E-state index in [9.17, 15) is 43.2 Å². The zero-order chi connectivity index (χ0) is 76.5. The van der Waals surface area contributed by atoms with Crippen LogP contribution in [0.1, 0.15) is 447 Å². The zero-order valence-corrected chi connectivity index (χ0v) is 70.3. The van der Waals surface area contributed by atoms with Gasteiger partial charge in [-0.1, -0.05) is 395 Å². The summed E-state index contributed by atoms with van der Waals surface area (Å²) in [6, 6.07) is 0. The van der Waals surface area contributed by atoms with E-state index in [2.05, 4.69) is 48.5 Å². The lowest BCUT2D eigenvalue weighted by atomic mass is 9.99. The van der Waals surface area contributed by atoms with E-state index >= 15 is 0 Å². The molecule has 0 aliphatic heterocycles. The first-order chi connectivity index (χ1) is 50.3. The van der Waals surface area contributed by atoms with E-state index in [4.69, 9.17) is 37.0 Å². The number of aliphatic hydroxyl groups excluding tert-OH is 1. The highest BCUT2D eigenvalue weighted by atomic mass is 31.2. The number of carbonyl (C=O) groups is 4. The maximum absolute atomic E-state index is 13.1. The van der Waals surface area contributed by atoms with Crippen LogP contribution < -0.4 is 0 Å². The van der Waals surface area contributed by atoms with E-state index in [0.29, 0.717) is 25.7 Å². The number of carbonyl (C=O) groups excluding carboxylic acids is 4. The fourth-order valence-corrected chi connectivity index (χ4v) is 14.7. The van der Waals surface area contributed by atoms with Crippen LogP contribution in [-0.4, -0.2) is 96.7 Å². The van der Waals surface area contributed by atoms with Crippen molar-refractivity contribution in [1.82, 2.24) is 0 Å². The molecule has 0 bridgehead atoms. The molecule has 0 heterocycles. The Morgan fingerprint density at radius 3 is 0.731 bits per heavy atom. The summed E-state index contributed by atoms with van der Waals surface area (Å²) in [5, 5.41) is 10.7. The summed E-state index contributed by atoms with van der Waals surface area (Å²) < 4.78 is 68.9. The number of hydrogen-bond donors (Lipinski definition) is 3. The Morgan fingerprint density at radius 1 is 0.279 bits per heavy atom. The van der Waals surface area contributed by atoms with Crippen LogP contribution in [-0.2, 0) is 65.4 Å². The van der Waals surface area contributed by atoms with Crippen LogP contribution in [0.2, 0.25) is 0 Å². The summed E-state index contributed by atoms with van der Waals surface area (Å²) in [5.74, 6) is 0.263. The number of hydrogen-bond acceptors (Lipinski definition) is 15. The third-order valence-electron chi connectivity index (χ3n) is 20.2. The lowest BCUT2D eigenvalue weighted by Gasteiger charge is -2.21. The summed E-state index contributed by atoms with van der Waals surface area (Å²) in [5.41, 5.74) is 0. The molecule has 0 aliphatic carbocycles. The quantitative estimate of drug-likeness (QED) is 0.0222. The van der Waals surface area contributed by atoms with Gasteiger partial charge in [0.15, 0.2) is 12.2 Å². The summed E-state index contributed by atoms with van der Waals surface area (Å²) in [6.07, 6.45) is 65.1. The van der Waals surface area contributed by atoms with Gasteiger partial charge in [0.25, 0.3) is 0 Å². The molecule has 0 saturated carbocycles. The number of aliphatic hydroxyl groups is 1. The Kier molecular flexibility index (Phi) is 73.7. The van der Waals surface area contributed by atoms with Crippen LogP contribution in [0, 0.1) is 17.8 Å². The van der Waals surface area contributed by atoms with Crippen molar-refractivity contribution in [2.24, 2.45) is 17.8 Å². The van der Waals surface area contributed by atoms with Gasteiger partial charge in [-0.25, -0.2) is 9.13 Å². The Balaban J connectivity index is 5.27. The predicted octanol–water partition coefficient (Wildman–Crippen LogP) is 25.7. The normalized spacial score (nSPS) is 14.2. The Labute approximate surface area is 638 Å². The van der Waals surface area contributed by atoms with Crippen molar-refractivity contribution in [2.45, 2.75) is 465 Å². The SMILES string of the molecule is CCCCCCCCCCCCCCCCCCCCCC(=O)O[C@H](COC(=O)CCCCCCCCCCCCCCCCCC(C)C)COP(=O)(O)OC[C@@H](O)COP(=O)(O)OC[C@@H](COC(=O)CCCCCCCCCCCCC(C)C)OC(=O)CCCCCCCCCCCCC(C)CC. The average molecular weight is 1520 g/mol. The summed E-state index contributed by atoms with van der Waals surface area (Å²) >= 11 is 0. The van der Waals surface area contributed by atoms with E-state index < -0.39 is 97.5 Å². The first kappa shape index (κ1) is 102. The topological polar surface area (TPSA) is 237 Å². The lowest BCUT2D eigenvalue weighted by Crippen LogP contribution is -2.30. The van der Waals surface area contributed by atoms with Gasteiger partial charge in [0, 0.05) is 25.7 Å². The van der Waals surface area contributed by atoms with Gasteiger partial charge in [-0.2, -0.15) is 0 Å². The van der Waals surface area contributed by atoms with E-state index in [1.54, 1.807) is 0 Å². The van der Waals surface area contributed by atoms with Gasteiger partial charge in [0.2, 0.25) is 0 Å². The minimum absolute atomic E-state index is 0.106. The van der Waals surface area contributed by atoms with Crippen LogP contribution in [0.25, 0.3) is 0 Å². The number of unbranched alkanes of at least 4 members (excludes halogenated alkanes) is 50. The predicted molar refractivity (Wildman–Crippen MR) is 428 cm³/mol. The van der Waals surface area contributed by atoms with Gasteiger partial charge in [0.05, 0.1) is 26.4 Å². The van der Waals surface area contributed by atoms with Crippen molar-refractivity contribution in [3.63, 3.8) is 0 Å². The molecule has 0 radical (unpaired) electrons. The van der Waals surface area contributed by atoms with Crippen LogP contribution in [0.3, 0.4) is 0 Å². The fourth-order valence-electron chi connectivity index (χ4n) is 13.2. The van der Waals surface area contributed by atoms with Crippen molar-refractivity contribution < 1.29 is 80.2 Å². The van der Waals surface area contributed by atoms with E-state index in [-0.39, 0.29) is 25.7 Å². The van der Waals surface area contributed by atoms with Crippen LogP contribution in [0.5, 0.6) is 0 Å². The molecule has 3 unspecified atom stereocenters. The highest BCUT2D eigenvalue weighted by molar-refractivity contribution is 7.47. The van der Waals surface area contributed by atoms with Crippen molar-refractivity contribution >= 4 is 39.5 Å². The largest absolute Gasteiger partial charge is 0.472 e. The van der Waals surface area contributed by atoms with E-state index in [0.717, 1.165) is 108 Å². The van der Waals surface area contributed by atoms with Gasteiger partial charge in [-0.3, -0.25) is 37.3 Å². The monoisotopic (exact) mass is 1520 g/mol. The van der Waals surface area contributed by atoms with Gasteiger partial charge in [-0.05, 0) is 43.4 Å². The minimum atomic E-state index is -4.97. The minimum Gasteiger partial charge on any atom is -0.462 e. The molecule has 17 nitrogen and oxygen atoms in total. The van der Waals surface area contributed by atoms with Crippen LogP contribution in [0.15, 0.2) is 0 Å². The van der Waals surface area contributed by atoms with Gasteiger partial charge >= 0.3 is 39.5 Å². The molecule has 0 rings (SSSR count). The van der Waals surface area contributed by atoms with E-state index in [1.807, 2.05) is 0 Å². The molecule has 0 aromatic rings. The second-order valence-corrected chi connectivity index (χ2v) is 34.7. The highest BCUT2D eigenvalue weighted by Gasteiger charge is 2.30. The Bertz CT molecular complexity index is 2010. The maximum Gasteiger partial charge on any atom is 0.472 e. The molecule has 3 N–H and O–H groups in total. The van der Waals surface area contributed by atoms with Gasteiger partial charge in [-0.15, -0.1) is 0 Å². The molecular weight excluding hydrogens is 1350 g/mol. The second kappa shape index (κ2) is 75.1. The molecule has 6 atom stereocenters. The molecule has 104 heavy (non-hydrogen) atoms. The number of esters is 4. The van der Waals surface area contributed by atoms with Gasteiger partial charge < -0.3 is 33.8 Å². The van der Waals surface area contributed by atoms with Crippen LogP contribution in [0.4, 0.5) is 0 Å². The first-order valence-corrected chi connectivity index (χ1v) is 46.9. The number of ether oxygens (including phenoxy) is 4. The van der Waals surface area contributed by atoms with Crippen molar-refractivity contribution in [3.8, 4) is 0 Å². The smallest absolute Gasteiger partial charge is 0.462 e. The number of rotatable bonds is 83. The van der Waals surface area contributed by atoms with Gasteiger partial charge in [0.1, 0.15) is 19.3 Å². The zero-order valence-electron chi connectivity index (χ0n) is 68.5. The number of phosphoric ester groups is 2. The molecule has 0 amide bonds. The maximum atomic E-state index is 13.1. The molecule has 618 valence electrons. The average Bonchev–Trinajstić information content (AvgIpc) is 0.906. The highest BCUT2D eigenvalue weighted by Crippen LogP contribution is 2.45. The van der Waals surface area contributed by atoms with Crippen molar-refractivity contribution in [2.75, 3.05) is 39.6 Å². The molecule has 0 fully saturated rings. The molecule has 19 heteroatoms. The van der Waals surface area contributed by atoms with E-state index in [1.165, 1.54) is 257 Å². The Morgan fingerprint density at radius 2 is 0.490 bits per heavy atom. The van der Waals surface area contributed by atoms with Crippen molar-refractivity contribution in [3.05, 3.63) is 0 Å². The van der Waals surface area contributed by atoms with Crippen molar-refractivity contribution in [1.29, 1.82) is 0 Å². The third kappa shape index (κ3) is 76.8. The third-order valence-corrected chi connectivity index (χ3v) is 22.1. The molecule has 0 saturated heterocycles. The standard InChI is InChI=1S/C85H166O17P2/c1-8-10-11-12-13-14-15-16-17-18-19-20-23-27-30-40-47-54-61-68-84(89)101-80(72-95-82(87)66-59-52-45-38-29-26-24-21-22-25-28-35-42-49-56-63-76(3)4)74-99-103(91,92)97-70-79(86)71-98-104(93,94)100-75-81(73-96-83(88)67-60-53-46-39-33-31-36-43-50-57-64-77(5)6)102-85(90)69-62-55-48-41-34-32-37-44-51-58-65-78(7)9-2/h76-81,86H,8-75H2,1-7H3,(H,91,92)(H,93,94)/t78?,79-,80-,81-/m1/s1. The lowest BCUT2D eigenvalue weighted by molar-refractivity contribution is -0.161. The molecule has 0 aromatic heterocycles. The first-order valence-electron chi connectivity index (χ1n) is 43.9. The second-order valence-electron chi connectivity index (χ2n) is 31.8. The summed E-state index contributed by atoms with van der Waals surface area (Å²) in [6.45, 7) is 12.0. The Hall–Kier alpha value is -1.94.